The third kappa shape index (κ3) is 3.14. The molecule has 1 aromatic heterocycles. The molecule has 0 aliphatic carbocycles. The topological polar surface area (TPSA) is 60.2 Å². The number of anilines is 3. The fourth-order valence-electron chi connectivity index (χ4n) is 1.92. The number of ether oxygens (including phenoxy) is 1. The molecule has 0 atom stereocenters. The Kier molecular flexibility index (Phi) is 3.75. The third-order valence-electron chi connectivity index (χ3n) is 3.05. The normalized spacial score (nSPS) is 10.3. The van der Waals surface area contributed by atoms with Crippen LogP contribution in [0.5, 0.6) is 5.75 Å². The van der Waals surface area contributed by atoms with Crippen molar-refractivity contribution in [2.45, 2.75) is 0 Å². The van der Waals surface area contributed by atoms with E-state index in [-0.39, 0.29) is 0 Å². The Labute approximate surface area is 127 Å². The van der Waals surface area contributed by atoms with Crippen LogP contribution in [0.1, 0.15) is 0 Å². The Morgan fingerprint density at radius 2 is 1.76 bits per heavy atom. The van der Waals surface area contributed by atoms with E-state index in [4.69, 9.17) is 10.5 Å². The van der Waals surface area contributed by atoms with Crippen LogP contribution >= 0.6 is 11.3 Å². The van der Waals surface area contributed by atoms with Gasteiger partial charge >= 0.3 is 0 Å². The number of nitrogens with zero attached hydrogens (tertiary/aromatic N) is 1. The molecule has 0 bridgehead atoms. The monoisotopic (exact) mass is 297 g/mol. The molecular formula is C16H15N3OS. The van der Waals surface area contributed by atoms with Gasteiger partial charge in [0.2, 0.25) is 0 Å². The number of rotatable bonds is 4. The van der Waals surface area contributed by atoms with Crippen molar-refractivity contribution < 1.29 is 4.74 Å². The average molecular weight is 297 g/mol. The summed E-state index contributed by atoms with van der Waals surface area (Å²) in [7, 11) is 1.66. The van der Waals surface area contributed by atoms with Crippen LogP contribution in [0.3, 0.4) is 0 Å². The van der Waals surface area contributed by atoms with E-state index >= 15 is 0 Å². The highest BCUT2D eigenvalue weighted by Crippen LogP contribution is 2.28. The molecule has 4 nitrogen and oxygen atoms in total. The molecule has 0 spiro atoms. The minimum Gasteiger partial charge on any atom is -0.497 e. The molecule has 0 saturated carbocycles. The first-order valence-electron chi connectivity index (χ1n) is 6.47. The second-order valence-corrected chi connectivity index (χ2v) is 5.37. The molecule has 3 aromatic rings. The number of nitrogens with two attached hydrogens (primary N) is 1. The summed E-state index contributed by atoms with van der Waals surface area (Å²) in [6.45, 7) is 0. The van der Waals surface area contributed by atoms with Gasteiger partial charge in [0, 0.05) is 22.3 Å². The predicted octanol–water partition coefficient (Wildman–Crippen LogP) is 4.14. The minimum atomic E-state index is 0.749. The summed E-state index contributed by atoms with van der Waals surface area (Å²) in [6, 6.07) is 15.5. The number of nitrogens with one attached hydrogen (secondary N) is 1. The number of aromatic nitrogens is 1. The van der Waals surface area contributed by atoms with Gasteiger partial charge in [-0.05, 0) is 48.5 Å². The van der Waals surface area contributed by atoms with Crippen LogP contribution in [-0.2, 0) is 0 Å². The molecule has 21 heavy (non-hydrogen) atoms. The van der Waals surface area contributed by atoms with Gasteiger partial charge < -0.3 is 15.8 Å². The zero-order valence-electron chi connectivity index (χ0n) is 11.5. The summed E-state index contributed by atoms with van der Waals surface area (Å²) in [5.41, 5.74) is 9.41. The highest BCUT2D eigenvalue weighted by molar-refractivity contribution is 7.14. The van der Waals surface area contributed by atoms with E-state index in [0.717, 1.165) is 33.5 Å². The van der Waals surface area contributed by atoms with Gasteiger partial charge in [-0.15, -0.1) is 11.3 Å². The van der Waals surface area contributed by atoms with E-state index in [2.05, 4.69) is 10.3 Å². The van der Waals surface area contributed by atoms with Gasteiger partial charge in [0.15, 0.2) is 5.13 Å². The highest BCUT2D eigenvalue weighted by Gasteiger charge is 2.05. The molecule has 1 heterocycles. The van der Waals surface area contributed by atoms with Gasteiger partial charge in [-0.25, -0.2) is 4.98 Å². The first kappa shape index (κ1) is 13.5. The van der Waals surface area contributed by atoms with E-state index < -0.39 is 0 Å². The van der Waals surface area contributed by atoms with Crippen LogP contribution in [0.15, 0.2) is 53.9 Å². The molecule has 106 valence electrons. The van der Waals surface area contributed by atoms with E-state index in [0.29, 0.717) is 0 Å². The second-order valence-electron chi connectivity index (χ2n) is 4.51. The van der Waals surface area contributed by atoms with E-state index in [1.807, 2.05) is 53.9 Å². The molecule has 0 aliphatic heterocycles. The summed E-state index contributed by atoms with van der Waals surface area (Å²) >= 11 is 1.57. The lowest BCUT2D eigenvalue weighted by Crippen LogP contribution is -1.90. The molecule has 2 aromatic carbocycles. The summed E-state index contributed by atoms with van der Waals surface area (Å²) in [4.78, 5) is 4.59. The zero-order chi connectivity index (χ0) is 14.7. The maximum absolute atomic E-state index is 5.67. The Hall–Kier alpha value is -2.53. The first-order valence-corrected chi connectivity index (χ1v) is 7.35. The minimum absolute atomic E-state index is 0.749. The summed E-state index contributed by atoms with van der Waals surface area (Å²) in [5.74, 6) is 0.842. The lowest BCUT2D eigenvalue weighted by molar-refractivity contribution is 0.415. The van der Waals surface area contributed by atoms with Gasteiger partial charge in [-0.2, -0.15) is 0 Å². The average Bonchev–Trinajstić information content (AvgIpc) is 2.98. The van der Waals surface area contributed by atoms with Crippen LogP contribution in [0.2, 0.25) is 0 Å². The standard InChI is InChI=1S/C16H15N3OS/c1-20-14-8-2-11(3-9-14)15-10-21-16(19-15)18-13-6-4-12(17)5-7-13/h2-10H,17H2,1H3,(H,18,19). The number of benzene rings is 2. The second kappa shape index (κ2) is 5.85. The van der Waals surface area contributed by atoms with E-state index in [1.54, 1.807) is 18.4 Å². The van der Waals surface area contributed by atoms with Gasteiger partial charge in [0.1, 0.15) is 5.75 Å². The van der Waals surface area contributed by atoms with Gasteiger partial charge in [0.05, 0.1) is 12.8 Å². The Bertz CT molecular complexity index is 720. The molecule has 3 rings (SSSR count). The Morgan fingerprint density at radius 3 is 2.43 bits per heavy atom. The van der Waals surface area contributed by atoms with Crippen molar-refractivity contribution >= 4 is 27.8 Å². The van der Waals surface area contributed by atoms with Crippen LogP contribution in [0.4, 0.5) is 16.5 Å². The third-order valence-corrected chi connectivity index (χ3v) is 3.81. The number of methoxy groups -OCH3 is 1. The molecule has 0 radical (unpaired) electrons. The Morgan fingerprint density at radius 1 is 1.05 bits per heavy atom. The van der Waals surface area contributed by atoms with Crippen molar-refractivity contribution in [3.63, 3.8) is 0 Å². The lowest BCUT2D eigenvalue weighted by atomic mass is 10.2. The van der Waals surface area contributed by atoms with Crippen LogP contribution in [-0.4, -0.2) is 12.1 Å². The molecule has 0 fully saturated rings. The van der Waals surface area contributed by atoms with Crippen LogP contribution in [0, 0.1) is 0 Å². The van der Waals surface area contributed by atoms with Crippen molar-refractivity contribution in [2.75, 3.05) is 18.2 Å². The smallest absolute Gasteiger partial charge is 0.187 e. The first-order chi connectivity index (χ1) is 10.2. The van der Waals surface area contributed by atoms with E-state index in [9.17, 15) is 0 Å². The fourth-order valence-corrected chi connectivity index (χ4v) is 2.66. The molecule has 0 unspecified atom stereocenters. The number of thiazole rings is 1. The van der Waals surface area contributed by atoms with Crippen LogP contribution < -0.4 is 15.8 Å². The van der Waals surface area contributed by atoms with Crippen molar-refractivity contribution in [3.8, 4) is 17.0 Å². The van der Waals surface area contributed by atoms with E-state index in [1.165, 1.54) is 0 Å². The number of hydrogen-bond donors (Lipinski definition) is 2. The predicted molar refractivity (Wildman–Crippen MR) is 88.2 cm³/mol. The maximum atomic E-state index is 5.67. The number of hydrogen-bond acceptors (Lipinski definition) is 5. The maximum Gasteiger partial charge on any atom is 0.187 e. The molecule has 5 heteroatoms. The van der Waals surface area contributed by atoms with Crippen molar-refractivity contribution in [1.82, 2.24) is 4.98 Å². The molecule has 0 saturated heterocycles. The zero-order valence-corrected chi connectivity index (χ0v) is 12.4. The lowest BCUT2D eigenvalue weighted by Gasteiger charge is -2.03. The van der Waals surface area contributed by atoms with Crippen LogP contribution in [0.25, 0.3) is 11.3 Å². The van der Waals surface area contributed by atoms with Crippen molar-refractivity contribution in [1.29, 1.82) is 0 Å². The quantitative estimate of drug-likeness (QED) is 0.710. The SMILES string of the molecule is COc1ccc(-c2csc(Nc3ccc(N)cc3)n2)cc1. The van der Waals surface area contributed by atoms with Crippen molar-refractivity contribution in [3.05, 3.63) is 53.9 Å². The molecule has 3 N–H and O–H groups in total. The van der Waals surface area contributed by atoms with Gasteiger partial charge in [0.25, 0.3) is 0 Å². The van der Waals surface area contributed by atoms with Gasteiger partial charge in [-0.1, -0.05) is 0 Å². The number of nitrogen functional groups attached to an aromatic ring is 1. The summed E-state index contributed by atoms with van der Waals surface area (Å²) < 4.78 is 5.16. The molecular weight excluding hydrogens is 282 g/mol. The van der Waals surface area contributed by atoms with Crippen molar-refractivity contribution in [2.24, 2.45) is 0 Å². The highest BCUT2D eigenvalue weighted by atomic mass is 32.1. The largest absolute Gasteiger partial charge is 0.497 e. The van der Waals surface area contributed by atoms with Gasteiger partial charge in [-0.3, -0.25) is 0 Å². The molecule has 0 amide bonds. The molecule has 0 aliphatic rings. The summed E-state index contributed by atoms with van der Waals surface area (Å²) in [6.07, 6.45) is 0. The summed E-state index contributed by atoms with van der Waals surface area (Å²) in [5, 5.41) is 6.15. The fraction of sp³-hybridized carbons (Fsp3) is 0.0625. The Balaban J connectivity index is 1.77.